The Bertz CT molecular complexity index is 834. The Labute approximate surface area is 163 Å². The van der Waals surface area contributed by atoms with E-state index in [1.807, 2.05) is 4.90 Å². The second kappa shape index (κ2) is 9.18. The zero-order valence-electron chi connectivity index (χ0n) is 15.5. The van der Waals surface area contributed by atoms with E-state index < -0.39 is 0 Å². The number of piperidine rings is 1. The lowest BCUT2D eigenvalue weighted by molar-refractivity contribution is -0.125. The van der Waals surface area contributed by atoms with Crippen molar-refractivity contribution in [1.29, 1.82) is 0 Å². The quantitative estimate of drug-likeness (QED) is 0.666. The van der Waals surface area contributed by atoms with Gasteiger partial charge in [0, 0.05) is 6.54 Å². The summed E-state index contributed by atoms with van der Waals surface area (Å²) >= 11 is 0. The molecule has 1 aromatic heterocycles. The summed E-state index contributed by atoms with van der Waals surface area (Å²) < 4.78 is 5.20. The topological polar surface area (TPSA) is 118 Å². The third-order valence-electron chi connectivity index (χ3n) is 4.72. The fourth-order valence-electron chi connectivity index (χ4n) is 3.29. The van der Waals surface area contributed by atoms with E-state index in [1.165, 1.54) is 0 Å². The summed E-state index contributed by atoms with van der Waals surface area (Å²) in [5.74, 6) is -0.454. The summed E-state index contributed by atoms with van der Waals surface area (Å²) in [5.41, 5.74) is 6.19. The van der Waals surface area contributed by atoms with Crippen molar-refractivity contribution in [3.8, 4) is 0 Å². The molecule has 0 radical (unpaired) electrons. The third kappa shape index (κ3) is 5.20. The highest BCUT2D eigenvalue weighted by Gasteiger charge is 2.25. The molecule has 2 heterocycles. The predicted octanol–water partition coefficient (Wildman–Crippen LogP) is 1.35. The molecule has 1 aromatic carbocycles. The number of hydrogen-bond donors (Lipinski definition) is 3. The van der Waals surface area contributed by atoms with Crippen molar-refractivity contribution in [3.05, 3.63) is 54.0 Å². The van der Waals surface area contributed by atoms with Gasteiger partial charge in [-0.2, -0.15) is 0 Å². The van der Waals surface area contributed by atoms with Gasteiger partial charge in [0.25, 0.3) is 5.91 Å². The van der Waals surface area contributed by atoms with Crippen LogP contribution in [-0.4, -0.2) is 42.3 Å². The van der Waals surface area contributed by atoms with Crippen LogP contribution in [0.3, 0.4) is 0 Å². The fraction of sp³-hybridized carbons (Fsp3) is 0.350. The van der Waals surface area contributed by atoms with E-state index in [2.05, 4.69) is 10.6 Å². The second-order valence-electron chi connectivity index (χ2n) is 6.83. The minimum Gasteiger partial charge on any atom is -0.467 e. The summed E-state index contributed by atoms with van der Waals surface area (Å²) in [4.78, 5) is 38.2. The van der Waals surface area contributed by atoms with Crippen molar-refractivity contribution < 1.29 is 18.8 Å². The summed E-state index contributed by atoms with van der Waals surface area (Å²) in [6, 6.07) is 10.3. The molecule has 28 heavy (non-hydrogen) atoms. The van der Waals surface area contributed by atoms with E-state index in [4.69, 9.17) is 10.2 Å². The van der Waals surface area contributed by atoms with Crippen molar-refractivity contribution in [2.75, 3.05) is 25.0 Å². The molecule has 8 heteroatoms. The molecule has 0 unspecified atom stereocenters. The minimum absolute atomic E-state index is 0.145. The molecular weight excluding hydrogens is 360 g/mol. The first-order valence-corrected chi connectivity index (χ1v) is 9.24. The number of amides is 3. The number of hydrogen-bond acceptors (Lipinski definition) is 5. The summed E-state index contributed by atoms with van der Waals surface area (Å²) in [7, 11) is 0. The molecule has 0 bridgehead atoms. The predicted molar refractivity (Wildman–Crippen MR) is 103 cm³/mol. The van der Waals surface area contributed by atoms with E-state index in [0.717, 1.165) is 19.4 Å². The van der Waals surface area contributed by atoms with Gasteiger partial charge in [-0.05, 0) is 43.7 Å². The van der Waals surface area contributed by atoms with Crippen molar-refractivity contribution in [3.63, 3.8) is 0 Å². The number of nitrogens with two attached hydrogens (primary N) is 1. The molecule has 1 atom stereocenters. The number of carbonyl (C=O) groups is 3. The Morgan fingerprint density at radius 1 is 1.18 bits per heavy atom. The minimum atomic E-state index is -0.330. The molecule has 2 aromatic rings. The van der Waals surface area contributed by atoms with Gasteiger partial charge in [0.15, 0.2) is 0 Å². The molecule has 3 rings (SSSR count). The van der Waals surface area contributed by atoms with Crippen molar-refractivity contribution in [2.45, 2.75) is 19.4 Å². The average molecular weight is 384 g/mol. The van der Waals surface area contributed by atoms with E-state index in [9.17, 15) is 14.4 Å². The van der Waals surface area contributed by atoms with E-state index in [0.29, 0.717) is 23.6 Å². The number of para-hydroxylation sites is 1. The van der Waals surface area contributed by atoms with Crippen LogP contribution in [0.4, 0.5) is 5.69 Å². The zero-order chi connectivity index (χ0) is 19.9. The van der Waals surface area contributed by atoms with Crippen LogP contribution in [0.2, 0.25) is 0 Å². The van der Waals surface area contributed by atoms with Crippen LogP contribution < -0.4 is 16.4 Å². The van der Waals surface area contributed by atoms with Crippen LogP contribution in [0.15, 0.2) is 47.1 Å². The number of furan rings is 1. The maximum Gasteiger partial charge on any atom is 0.253 e. The average Bonchev–Trinajstić information content (AvgIpc) is 3.20. The van der Waals surface area contributed by atoms with Crippen LogP contribution in [0, 0.1) is 5.92 Å². The zero-order valence-corrected chi connectivity index (χ0v) is 15.5. The summed E-state index contributed by atoms with van der Waals surface area (Å²) in [6.45, 7) is 1.62. The van der Waals surface area contributed by atoms with Crippen LogP contribution in [0.25, 0.3) is 0 Å². The monoisotopic (exact) mass is 384 g/mol. The Morgan fingerprint density at radius 2 is 2.00 bits per heavy atom. The van der Waals surface area contributed by atoms with Crippen LogP contribution in [0.1, 0.15) is 29.0 Å². The lowest BCUT2D eigenvalue weighted by atomic mass is 9.97. The standard InChI is InChI=1S/C20H24N4O4/c21-19(26)14-5-3-9-24(12-14)13-18(25)23-17-8-2-1-7-16(17)20(27)22-11-15-6-4-10-28-15/h1-2,4,6-8,10,14H,3,5,9,11-13H2,(H2,21,26)(H,22,27)(H,23,25)/t14-/m1/s1. The highest BCUT2D eigenvalue weighted by Crippen LogP contribution is 2.18. The van der Waals surface area contributed by atoms with Crippen LogP contribution >= 0.6 is 0 Å². The number of nitrogens with zero attached hydrogens (tertiary/aromatic N) is 1. The SMILES string of the molecule is NC(=O)[C@@H]1CCCN(CC(=O)Nc2ccccc2C(=O)NCc2ccco2)C1. The van der Waals surface area contributed by atoms with Crippen LogP contribution in [-0.2, 0) is 16.1 Å². The number of rotatable bonds is 7. The van der Waals surface area contributed by atoms with Crippen molar-refractivity contribution in [2.24, 2.45) is 11.7 Å². The van der Waals surface area contributed by atoms with Gasteiger partial charge in [0.2, 0.25) is 11.8 Å². The summed E-state index contributed by atoms with van der Waals surface area (Å²) in [6.07, 6.45) is 3.12. The maximum absolute atomic E-state index is 12.5. The number of nitrogens with one attached hydrogen (secondary N) is 2. The molecular formula is C20H24N4O4. The van der Waals surface area contributed by atoms with Gasteiger partial charge in [-0.15, -0.1) is 0 Å². The highest BCUT2D eigenvalue weighted by molar-refractivity contribution is 6.04. The summed E-state index contributed by atoms with van der Waals surface area (Å²) in [5, 5.41) is 5.56. The van der Waals surface area contributed by atoms with Crippen molar-refractivity contribution in [1.82, 2.24) is 10.2 Å². The second-order valence-corrected chi connectivity index (χ2v) is 6.83. The van der Waals surface area contributed by atoms with Gasteiger partial charge in [-0.3, -0.25) is 19.3 Å². The molecule has 0 saturated carbocycles. The Hall–Kier alpha value is -3.13. The molecule has 148 valence electrons. The van der Waals surface area contributed by atoms with Gasteiger partial charge in [-0.25, -0.2) is 0 Å². The molecule has 1 aliphatic heterocycles. The van der Waals surface area contributed by atoms with Crippen molar-refractivity contribution >= 4 is 23.4 Å². The number of anilines is 1. The fourth-order valence-corrected chi connectivity index (χ4v) is 3.29. The van der Waals surface area contributed by atoms with Gasteiger partial charge in [0.1, 0.15) is 5.76 Å². The van der Waals surface area contributed by atoms with Gasteiger partial charge >= 0.3 is 0 Å². The van der Waals surface area contributed by atoms with Gasteiger partial charge in [-0.1, -0.05) is 12.1 Å². The number of primary amides is 1. The van der Waals surface area contributed by atoms with Gasteiger partial charge < -0.3 is 20.8 Å². The van der Waals surface area contributed by atoms with E-state index in [-0.39, 0.29) is 36.7 Å². The molecule has 0 spiro atoms. The maximum atomic E-state index is 12.5. The van der Waals surface area contributed by atoms with Gasteiger partial charge in [0.05, 0.1) is 36.5 Å². The number of likely N-dealkylation sites (tertiary alicyclic amines) is 1. The van der Waals surface area contributed by atoms with E-state index in [1.54, 1.807) is 42.7 Å². The van der Waals surface area contributed by atoms with Crippen LogP contribution in [0.5, 0.6) is 0 Å². The number of benzene rings is 1. The normalized spacial score (nSPS) is 17.1. The molecule has 8 nitrogen and oxygen atoms in total. The Balaban J connectivity index is 1.58. The third-order valence-corrected chi connectivity index (χ3v) is 4.72. The first-order valence-electron chi connectivity index (χ1n) is 9.24. The number of carbonyl (C=O) groups excluding carboxylic acids is 3. The molecule has 1 saturated heterocycles. The largest absolute Gasteiger partial charge is 0.467 e. The Morgan fingerprint density at radius 3 is 2.75 bits per heavy atom. The highest BCUT2D eigenvalue weighted by atomic mass is 16.3. The first-order chi connectivity index (χ1) is 13.5. The molecule has 0 aliphatic carbocycles. The molecule has 1 aliphatic rings. The Kier molecular flexibility index (Phi) is 6.44. The van der Waals surface area contributed by atoms with E-state index >= 15 is 0 Å². The molecule has 4 N–H and O–H groups in total. The molecule has 1 fully saturated rings. The first kappa shape index (κ1) is 19.6. The molecule has 3 amide bonds. The smallest absolute Gasteiger partial charge is 0.253 e. The lowest BCUT2D eigenvalue weighted by Gasteiger charge is -2.30. The lowest BCUT2D eigenvalue weighted by Crippen LogP contribution is -2.44.